The fraction of sp³-hybridized carbons (Fsp3) is 0. The molecule has 2 N–H and O–H groups in total. The Labute approximate surface area is 63.8 Å². The lowest BCUT2D eigenvalue weighted by atomic mass is 10.2. The topological polar surface area (TPSA) is 69.2 Å². The number of nitrogens with two attached hydrogens (primary N) is 1. The zero-order valence-corrected chi connectivity index (χ0v) is 5.78. The maximum Gasteiger partial charge on any atom is 0.274 e. The number of anilines is 1. The van der Waals surface area contributed by atoms with Crippen LogP contribution in [0.1, 0.15) is 5.56 Å². The largest absolute Gasteiger partial charge is 0.399 e. The van der Waals surface area contributed by atoms with Crippen LogP contribution in [0.15, 0.2) is 18.2 Å². The van der Waals surface area contributed by atoms with Gasteiger partial charge in [0.05, 0.1) is 4.92 Å². The highest BCUT2D eigenvalue weighted by molar-refractivity contribution is 5.53. The number of hydrogen-bond acceptors (Lipinski definition) is 3. The van der Waals surface area contributed by atoms with Gasteiger partial charge in [0.15, 0.2) is 0 Å². The first kappa shape index (κ1) is 7.53. The quantitative estimate of drug-likeness (QED) is 0.374. The van der Waals surface area contributed by atoms with Crippen molar-refractivity contribution in [3.8, 4) is 0 Å². The van der Waals surface area contributed by atoms with E-state index in [2.05, 4.69) is 6.92 Å². The molecule has 1 aromatic carbocycles. The standard InChI is InChI=1S/C7H7N2O2/c1-5-2-3-6(8)4-7(5)9(10)11/h2-4H,1,8H2. The SMILES string of the molecule is [CH2]c1ccc(N)cc1[N+](=O)[O-]. The molecule has 0 aromatic heterocycles. The normalized spacial score (nSPS) is 9.55. The van der Waals surface area contributed by atoms with E-state index in [9.17, 15) is 10.1 Å². The Kier molecular flexibility index (Phi) is 1.76. The third-order valence-corrected chi connectivity index (χ3v) is 1.31. The summed E-state index contributed by atoms with van der Waals surface area (Å²) in [6.07, 6.45) is 0. The first-order valence-electron chi connectivity index (χ1n) is 2.97. The molecule has 0 amide bonds. The molecule has 0 atom stereocenters. The highest BCUT2D eigenvalue weighted by Crippen LogP contribution is 2.19. The fourth-order valence-electron chi connectivity index (χ4n) is 0.751. The lowest BCUT2D eigenvalue weighted by Crippen LogP contribution is -1.93. The second kappa shape index (κ2) is 2.57. The third kappa shape index (κ3) is 1.46. The summed E-state index contributed by atoms with van der Waals surface area (Å²) in [6, 6.07) is 4.39. The van der Waals surface area contributed by atoms with Gasteiger partial charge in [-0.1, -0.05) is 6.07 Å². The van der Waals surface area contributed by atoms with Gasteiger partial charge in [-0.2, -0.15) is 0 Å². The predicted molar refractivity (Wildman–Crippen MR) is 42.0 cm³/mol. The summed E-state index contributed by atoms with van der Waals surface area (Å²) in [5.41, 5.74) is 6.05. The molecule has 0 bridgehead atoms. The van der Waals surface area contributed by atoms with Crippen LogP contribution in [0.3, 0.4) is 0 Å². The Morgan fingerprint density at radius 1 is 1.55 bits per heavy atom. The molecule has 0 aliphatic rings. The van der Waals surface area contributed by atoms with Crippen molar-refractivity contribution in [2.45, 2.75) is 0 Å². The van der Waals surface area contributed by atoms with Gasteiger partial charge in [0.2, 0.25) is 0 Å². The summed E-state index contributed by atoms with van der Waals surface area (Å²) in [6.45, 7) is 3.49. The molecule has 4 nitrogen and oxygen atoms in total. The van der Waals surface area contributed by atoms with Gasteiger partial charge < -0.3 is 5.73 Å². The van der Waals surface area contributed by atoms with Gasteiger partial charge in [0, 0.05) is 17.3 Å². The molecule has 1 aromatic rings. The van der Waals surface area contributed by atoms with Crippen LogP contribution in [-0.2, 0) is 0 Å². The van der Waals surface area contributed by atoms with Crippen LogP contribution >= 0.6 is 0 Å². The number of rotatable bonds is 1. The number of nitro groups is 1. The zero-order chi connectivity index (χ0) is 8.43. The number of hydrogen-bond donors (Lipinski definition) is 1. The van der Waals surface area contributed by atoms with Crippen molar-refractivity contribution >= 4 is 11.4 Å². The van der Waals surface area contributed by atoms with Gasteiger partial charge in [-0.15, -0.1) is 0 Å². The van der Waals surface area contributed by atoms with Gasteiger partial charge >= 0.3 is 0 Å². The summed E-state index contributed by atoms with van der Waals surface area (Å²) in [4.78, 5) is 9.78. The molecule has 0 unspecified atom stereocenters. The summed E-state index contributed by atoms with van der Waals surface area (Å²) >= 11 is 0. The minimum atomic E-state index is -0.501. The van der Waals surface area contributed by atoms with E-state index in [0.29, 0.717) is 11.3 Å². The summed E-state index contributed by atoms with van der Waals surface area (Å²) in [5.74, 6) is 0. The Morgan fingerprint density at radius 2 is 2.18 bits per heavy atom. The van der Waals surface area contributed by atoms with Crippen LogP contribution < -0.4 is 5.73 Å². The Morgan fingerprint density at radius 3 is 2.64 bits per heavy atom. The smallest absolute Gasteiger partial charge is 0.274 e. The van der Waals surface area contributed by atoms with E-state index in [0.717, 1.165) is 0 Å². The van der Waals surface area contributed by atoms with Crippen molar-refractivity contribution in [2.75, 3.05) is 5.73 Å². The van der Waals surface area contributed by atoms with Crippen molar-refractivity contribution in [3.05, 3.63) is 40.8 Å². The fourth-order valence-corrected chi connectivity index (χ4v) is 0.751. The molecular weight excluding hydrogens is 144 g/mol. The van der Waals surface area contributed by atoms with E-state index >= 15 is 0 Å². The average molecular weight is 151 g/mol. The number of nitro benzene ring substituents is 1. The highest BCUT2D eigenvalue weighted by atomic mass is 16.6. The summed E-state index contributed by atoms with van der Waals surface area (Å²) in [7, 11) is 0. The zero-order valence-electron chi connectivity index (χ0n) is 5.78. The molecule has 0 spiro atoms. The van der Waals surface area contributed by atoms with Crippen molar-refractivity contribution in [1.82, 2.24) is 0 Å². The molecule has 0 fully saturated rings. The van der Waals surface area contributed by atoms with E-state index in [-0.39, 0.29) is 5.69 Å². The Bertz CT molecular complexity index is 296. The Hall–Kier alpha value is -1.58. The first-order valence-corrected chi connectivity index (χ1v) is 2.97. The molecule has 0 saturated heterocycles. The predicted octanol–water partition coefficient (Wildman–Crippen LogP) is 1.36. The van der Waals surface area contributed by atoms with Crippen molar-refractivity contribution < 1.29 is 4.92 Å². The second-order valence-corrected chi connectivity index (χ2v) is 2.15. The number of nitrogen functional groups attached to an aromatic ring is 1. The summed E-state index contributed by atoms with van der Waals surface area (Å²) < 4.78 is 0. The molecule has 57 valence electrons. The molecule has 0 heterocycles. The van der Waals surface area contributed by atoms with Gasteiger partial charge in [-0.25, -0.2) is 0 Å². The van der Waals surface area contributed by atoms with Crippen LogP contribution in [0.5, 0.6) is 0 Å². The third-order valence-electron chi connectivity index (χ3n) is 1.31. The van der Waals surface area contributed by atoms with E-state index in [1.54, 1.807) is 6.07 Å². The molecule has 0 aliphatic carbocycles. The first-order chi connectivity index (χ1) is 5.11. The molecular formula is C7H7N2O2. The monoisotopic (exact) mass is 151 g/mol. The average Bonchev–Trinajstić information content (AvgIpc) is 1.94. The van der Waals surface area contributed by atoms with E-state index in [1.807, 2.05) is 0 Å². The molecule has 11 heavy (non-hydrogen) atoms. The molecule has 0 aliphatic heterocycles. The van der Waals surface area contributed by atoms with Crippen LogP contribution in [0, 0.1) is 17.0 Å². The van der Waals surface area contributed by atoms with Crippen LogP contribution in [0.4, 0.5) is 11.4 Å². The van der Waals surface area contributed by atoms with Crippen molar-refractivity contribution in [2.24, 2.45) is 0 Å². The van der Waals surface area contributed by atoms with E-state index in [4.69, 9.17) is 5.73 Å². The summed E-state index contributed by atoms with van der Waals surface area (Å²) in [5, 5.41) is 10.3. The molecule has 0 saturated carbocycles. The maximum atomic E-state index is 10.3. The van der Waals surface area contributed by atoms with Gasteiger partial charge in [-0.3, -0.25) is 10.1 Å². The highest BCUT2D eigenvalue weighted by Gasteiger charge is 2.08. The van der Waals surface area contributed by atoms with Crippen LogP contribution in [0.25, 0.3) is 0 Å². The maximum absolute atomic E-state index is 10.3. The van der Waals surface area contributed by atoms with Crippen LogP contribution in [0.2, 0.25) is 0 Å². The molecule has 1 rings (SSSR count). The second-order valence-electron chi connectivity index (χ2n) is 2.15. The number of benzene rings is 1. The van der Waals surface area contributed by atoms with Crippen molar-refractivity contribution in [3.63, 3.8) is 0 Å². The van der Waals surface area contributed by atoms with Crippen molar-refractivity contribution in [1.29, 1.82) is 0 Å². The lowest BCUT2D eigenvalue weighted by molar-refractivity contribution is -0.385. The van der Waals surface area contributed by atoms with E-state index in [1.165, 1.54) is 12.1 Å². The van der Waals surface area contributed by atoms with E-state index < -0.39 is 4.92 Å². The number of nitrogens with zero attached hydrogens (tertiary/aromatic N) is 1. The lowest BCUT2D eigenvalue weighted by Gasteiger charge is -1.96. The minimum Gasteiger partial charge on any atom is -0.399 e. The van der Waals surface area contributed by atoms with Gasteiger partial charge in [-0.05, 0) is 13.0 Å². The van der Waals surface area contributed by atoms with Gasteiger partial charge in [0.1, 0.15) is 0 Å². The molecule has 1 radical (unpaired) electrons. The molecule has 4 heteroatoms. The minimum absolute atomic E-state index is 0.0370. The van der Waals surface area contributed by atoms with Crippen LogP contribution in [-0.4, -0.2) is 4.92 Å². The Balaban J connectivity index is 3.23. The van der Waals surface area contributed by atoms with Gasteiger partial charge in [0.25, 0.3) is 5.69 Å².